The van der Waals surface area contributed by atoms with E-state index >= 15 is 0 Å². The molecule has 1 atom stereocenters. The number of hydrogen-bond donors (Lipinski definition) is 2. The molecule has 0 fully saturated rings. The van der Waals surface area contributed by atoms with E-state index in [1.165, 1.54) is 6.07 Å². The predicted octanol–water partition coefficient (Wildman–Crippen LogP) is 0.721. The number of aliphatic hydroxyl groups is 1. The van der Waals surface area contributed by atoms with Crippen molar-refractivity contribution in [2.24, 2.45) is 5.73 Å². The van der Waals surface area contributed by atoms with E-state index in [0.717, 1.165) is 12.1 Å². The van der Waals surface area contributed by atoms with Gasteiger partial charge in [0.1, 0.15) is 0 Å². The summed E-state index contributed by atoms with van der Waals surface area (Å²) in [5.41, 5.74) is 5.74. The summed E-state index contributed by atoms with van der Waals surface area (Å²) in [6.45, 7) is 0.412. The maximum absolute atomic E-state index is 12.9. The quantitative estimate of drug-likeness (QED) is 0.779. The van der Waals surface area contributed by atoms with E-state index in [0.29, 0.717) is 5.69 Å². The Kier molecular flexibility index (Phi) is 3.99. The predicted molar refractivity (Wildman–Crippen MR) is 54.7 cm³/mol. The van der Waals surface area contributed by atoms with Crippen LogP contribution in [0.4, 0.5) is 14.5 Å². The van der Waals surface area contributed by atoms with Gasteiger partial charge in [-0.25, -0.2) is 8.78 Å². The highest BCUT2D eigenvalue weighted by molar-refractivity contribution is 5.46. The first-order chi connectivity index (χ1) is 7.04. The molecule has 0 saturated heterocycles. The van der Waals surface area contributed by atoms with E-state index < -0.39 is 17.7 Å². The summed E-state index contributed by atoms with van der Waals surface area (Å²) in [6, 6.07) is 3.58. The minimum absolute atomic E-state index is 0.133. The van der Waals surface area contributed by atoms with Crippen molar-refractivity contribution in [3.8, 4) is 0 Å². The Morgan fingerprint density at radius 1 is 1.40 bits per heavy atom. The first-order valence-corrected chi connectivity index (χ1v) is 4.59. The first-order valence-electron chi connectivity index (χ1n) is 4.59. The average molecular weight is 216 g/mol. The third-order valence-electron chi connectivity index (χ3n) is 2.10. The number of anilines is 1. The van der Waals surface area contributed by atoms with Gasteiger partial charge in [0.05, 0.1) is 6.10 Å². The maximum atomic E-state index is 12.9. The molecule has 0 radical (unpaired) electrons. The van der Waals surface area contributed by atoms with Crippen LogP contribution in [0.5, 0.6) is 0 Å². The number of benzene rings is 1. The van der Waals surface area contributed by atoms with Crippen molar-refractivity contribution in [3.63, 3.8) is 0 Å². The maximum Gasteiger partial charge on any atom is 0.160 e. The molecule has 0 aromatic heterocycles. The number of rotatable bonds is 4. The second-order valence-electron chi connectivity index (χ2n) is 3.37. The van der Waals surface area contributed by atoms with Gasteiger partial charge >= 0.3 is 0 Å². The fourth-order valence-electron chi connectivity index (χ4n) is 1.22. The fraction of sp³-hybridized carbons (Fsp3) is 0.400. The zero-order valence-electron chi connectivity index (χ0n) is 8.45. The Bertz CT molecular complexity index is 333. The van der Waals surface area contributed by atoms with Gasteiger partial charge in [0.25, 0.3) is 0 Å². The van der Waals surface area contributed by atoms with E-state index in [9.17, 15) is 13.9 Å². The largest absolute Gasteiger partial charge is 0.390 e. The van der Waals surface area contributed by atoms with Gasteiger partial charge in [-0.2, -0.15) is 0 Å². The van der Waals surface area contributed by atoms with Crippen molar-refractivity contribution < 1.29 is 13.9 Å². The van der Waals surface area contributed by atoms with Gasteiger partial charge in [-0.05, 0) is 12.1 Å². The zero-order valence-corrected chi connectivity index (χ0v) is 8.45. The minimum atomic E-state index is -0.901. The molecule has 1 aromatic rings. The summed E-state index contributed by atoms with van der Waals surface area (Å²) in [6.07, 6.45) is -0.678. The lowest BCUT2D eigenvalue weighted by Crippen LogP contribution is -2.34. The third kappa shape index (κ3) is 3.14. The van der Waals surface area contributed by atoms with Gasteiger partial charge < -0.3 is 15.7 Å². The Morgan fingerprint density at radius 2 is 2.07 bits per heavy atom. The van der Waals surface area contributed by atoms with E-state index in [-0.39, 0.29) is 13.1 Å². The standard InChI is InChI=1S/C10H14F2N2O/c1-14(6-8(15)5-13)7-2-3-9(11)10(12)4-7/h2-4,8,15H,5-6,13H2,1H3. The molecule has 1 rings (SSSR count). The number of nitrogens with two attached hydrogens (primary N) is 1. The Morgan fingerprint density at radius 3 is 2.60 bits per heavy atom. The second-order valence-corrected chi connectivity index (χ2v) is 3.37. The van der Waals surface area contributed by atoms with Crippen LogP contribution in [-0.2, 0) is 0 Å². The van der Waals surface area contributed by atoms with Crippen LogP contribution in [0.25, 0.3) is 0 Å². The van der Waals surface area contributed by atoms with Crippen molar-refractivity contribution in [2.75, 3.05) is 25.0 Å². The van der Waals surface area contributed by atoms with Crippen LogP contribution in [0, 0.1) is 11.6 Å². The highest BCUT2D eigenvalue weighted by atomic mass is 19.2. The molecule has 0 spiro atoms. The smallest absolute Gasteiger partial charge is 0.160 e. The topological polar surface area (TPSA) is 49.5 Å². The molecular weight excluding hydrogens is 202 g/mol. The molecule has 1 aromatic carbocycles. The summed E-state index contributed by atoms with van der Waals surface area (Å²) in [5.74, 6) is -1.78. The van der Waals surface area contributed by atoms with Crippen molar-refractivity contribution >= 4 is 5.69 Å². The van der Waals surface area contributed by atoms with Crippen LogP contribution in [0.3, 0.4) is 0 Å². The van der Waals surface area contributed by atoms with Crippen molar-refractivity contribution in [2.45, 2.75) is 6.10 Å². The molecule has 0 aliphatic carbocycles. The molecule has 3 N–H and O–H groups in total. The molecule has 0 heterocycles. The number of halogens is 2. The lowest BCUT2D eigenvalue weighted by molar-refractivity contribution is 0.189. The van der Waals surface area contributed by atoms with Crippen LogP contribution in [-0.4, -0.2) is 31.3 Å². The van der Waals surface area contributed by atoms with Crippen LogP contribution < -0.4 is 10.6 Å². The monoisotopic (exact) mass is 216 g/mol. The van der Waals surface area contributed by atoms with Gasteiger partial charge in [0, 0.05) is 31.9 Å². The van der Waals surface area contributed by atoms with E-state index in [1.807, 2.05) is 0 Å². The molecule has 84 valence electrons. The van der Waals surface area contributed by atoms with E-state index in [4.69, 9.17) is 5.73 Å². The highest BCUT2D eigenvalue weighted by Crippen LogP contribution is 2.16. The van der Waals surface area contributed by atoms with Gasteiger partial charge in [0.2, 0.25) is 0 Å². The van der Waals surface area contributed by atoms with Gasteiger partial charge in [-0.1, -0.05) is 0 Å². The average Bonchev–Trinajstić information content (AvgIpc) is 2.21. The van der Waals surface area contributed by atoms with E-state index in [1.54, 1.807) is 11.9 Å². The lowest BCUT2D eigenvalue weighted by atomic mass is 10.2. The fourth-order valence-corrected chi connectivity index (χ4v) is 1.22. The summed E-state index contributed by atoms with van der Waals surface area (Å²) < 4.78 is 25.5. The van der Waals surface area contributed by atoms with Gasteiger partial charge in [-0.3, -0.25) is 0 Å². The molecule has 0 amide bonds. The number of likely N-dealkylation sites (N-methyl/N-ethyl adjacent to an activating group) is 1. The van der Waals surface area contributed by atoms with E-state index in [2.05, 4.69) is 0 Å². The summed E-state index contributed by atoms with van der Waals surface area (Å²) >= 11 is 0. The van der Waals surface area contributed by atoms with Crippen molar-refractivity contribution in [1.82, 2.24) is 0 Å². The molecule has 3 nitrogen and oxygen atoms in total. The molecule has 5 heteroatoms. The number of nitrogens with zero attached hydrogens (tertiary/aromatic N) is 1. The number of aliphatic hydroxyl groups excluding tert-OH is 1. The molecular formula is C10H14F2N2O. The SMILES string of the molecule is CN(CC(O)CN)c1ccc(F)c(F)c1. The van der Waals surface area contributed by atoms with Crippen LogP contribution in [0.15, 0.2) is 18.2 Å². The first kappa shape index (κ1) is 11.9. The van der Waals surface area contributed by atoms with Crippen molar-refractivity contribution in [3.05, 3.63) is 29.8 Å². The van der Waals surface area contributed by atoms with Gasteiger partial charge in [0.15, 0.2) is 11.6 Å². The van der Waals surface area contributed by atoms with Crippen molar-refractivity contribution in [1.29, 1.82) is 0 Å². The molecule has 15 heavy (non-hydrogen) atoms. The number of hydrogen-bond acceptors (Lipinski definition) is 3. The van der Waals surface area contributed by atoms with Crippen LogP contribution in [0.2, 0.25) is 0 Å². The molecule has 0 aliphatic rings. The third-order valence-corrected chi connectivity index (χ3v) is 2.10. The molecule has 0 saturated carbocycles. The summed E-state index contributed by atoms with van der Waals surface area (Å²) in [7, 11) is 1.67. The van der Waals surface area contributed by atoms with Crippen LogP contribution in [0.1, 0.15) is 0 Å². The lowest BCUT2D eigenvalue weighted by Gasteiger charge is -2.21. The second kappa shape index (κ2) is 5.04. The summed E-state index contributed by atoms with van der Waals surface area (Å²) in [5, 5.41) is 9.28. The molecule has 0 bridgehead atoms. The summed E-state index contributed by atoms with van der Waals surface area (Å²) in [4.78, 5) is 1.61. The Hall–Kier alpha value is -1.20. The van der Waals surface area contributed by atoms with Crippen LogP contribution >= 0.6 is 0 Å². The Labute approximate surface area is 87.1 Å². The minimum Gasteiger partial charge on any atom is -0.390 e. The van der Waals surface area contributed by atoms with Gasteiger partial charge in [-0.15, -0.1) is 0 Å². The molecule has 1 unspecified atom stereocenters. The normalized spacial score (nSPS) is 12.6. The Balaban J connectivity index is 2.73. The zero-order chi connectivity index (χ0) is 11.4. The molecule has 0 aliphatic heterocycles. The highest BCUT2D eigenvalue weighted by Gasteiger charge is 2.09.